The Kier molecular flexibility index (Phi) is 5.42. The number of carbonyl (C=O) groups is 1. The molecule has 176 valence electrons. The minimum Gasteiger partial charge on any atom is -0.337 e. The SMILES string of the molecule is CCCC(=O)Nc1cncc(-c2cc3c(-c4nc5c(-c6ccncc6)cccc5[nH]4)n[nH]c3cn2)c1. The van der Waals surface area contributed by atoms with E-state index >= 15 is 0 Å². The van der Waals surface area contributed by atoms with Gasteiger partial charge in [0.1, 0.15) is 5.69 Å². The third kappa shape index (κ3) is 3.96. The molecule has 0 aliphatic heterocycles. The van der Waals surface area contributed by atoms with Crippen LogP contribution in [0.4, 0.5) is 5.69 Å². The maximum Gasteiger partial charge on any atom is 0.224 e. The van der Waals surface area contributed by atoms with Crippen molar-refractivity contribution in [1.29, 1.82) is 0 Å². The van der Waals surface area contributed by atoms with Crippen LogP contribution in [0.25, 0.3) is 55.8 Å². The quantitative estimate of drug-likeness (QED) is 0.298. The van der Waals surface area contributed by atoms with Crippen LogP contribution in [0.3, 0.4) is 0 Å². The predicted molar refractivity (Wildman–Crippen MR) is 139 cm³/mol. The number of carbonyl (C=O) groups excluding carboxylic acids is 1. The first-order valence-electron chi connectivity index (χ1n) is 11.7. The average Bonchev–Trinajstić information content (AvgIpc) is 3.53. The molecule has 0 radical (unpaired) electrons. The van der Waals surface area contributed by atoms with Gasteiger partial charge in [0.15, 0.2) is 5.82 Å². The Bertz CT molecular complexity index is 1700. The zero-order valence-electron chi connectivity index (χ0n) is 19.5. The van der Waals surface area contributed by atoms with E-state index in [2.05, 4.69) is 35.5 Å². The van der Waals surface area contributed by atoms with Gasteiger partial charge in [-0.25, -0.2) is 4.98 Å². The minimum atomic E-state index is -0.0343. The van der Waals surface area contributed by atoms with Crippen molar-refractivity contribution in [3.05, 3.63) is 73.4 Å². The van der Waals surface area contributed by atoms with Crippen LogP contribution >= 0.6 is 0 Å². The lowest BCUT2D eigenvalue weighted by atomic mass is 10.1. The number of para-hydroxylation sites is 1. The molecule has 0 saturated carbocycles. The molecular formula is C27H22N8O. The molecule has 0 unspecified atom stereocenters. The van der Waals surface area contributed by atoms with Crippen molar-refractivity contribution in [3.8, 4) is 33.9 Å². The fraction of sp³-hybridized carbons (Fsp3) is 0.111. The molecule has 0 spiro atoms. The fourth-order valence-corrected chi connectivity index (χ4v) is 4.26. The topological polar surface area (TPSA) is 125 Å². The van der Waals surface area contributed by atoms with Crippen LogP contribution in [0.1, 0.15) is 19.8 Å². The zero-order chi connectivity index (χ0) is 24.5. The lowest BCUT2D eigenvalue weighted by Gasteiger charge is -2.06. The largest absolute Gasteiger partial charge is 0.337 e. The number of nitrogens with one attached hydrogen (secondary N) is 3. The Morgan fingerprint density at radius 1 is 0.972 bits per heavy atom. The lowest BCUT2D eigenvalue weighted by molar-refractivity contribution is -0.116. The molecule has 9 nitrogen and oxygen atoms in total. The van der Waals surface area contributed by atoms with E-state index in [0.717, 1.165) is 50.7 Å². The van der Waals surface area contributed by atoms with Crippen LogP contribution in [-0.4, -0.2) is 41.0 Å². The summed E-state index contributed by atoms with van der Waals surface area (Å²) in [5.74, 6) is 0.626. The van der Waals surface area contributed by atoms with E-state index in [9.17, 15) is 4.79 Å². The zero-order valence-corrected chi connectivity index (χ0v) is 19.5. The van der Waals surface area contributed by atoms with Crippen LogP contribution in [0, 0.1) is 0 Å². The molecule has 0 fully saturated rings. The highest BCUT2D eigenvalue weighted by Gasteiger charge is 2.16. The molecule has 6 aromatic rings. The van der Waals surface area contributed by atoms with E-state index in [1.165, 1.54) is 0 Å². The van der Waals surface area contributed by atoms with Crippen LogP contribution in [0.15, 0.2) is 73.4 Å². The second-order valence-electron chi connectivity index (χ2n) is 8.47. The van der Waals surface area contributed by atoms with Crippen molar-refractivity contribution < 1.29 is 4.79 Å². The van der Waals surface area contributed by atoms with Crippen molar-refractivity contribution >= 4 is 33.5 Å². The van der Waals surface area contributed by atoms with Crippen molar-refractivity contribution in [3.63, 3.8) is 0 Å². The molecule has 5 heterocycles. The molecular weight excluding hydrogens is 452 g/mol. The number of aromatic amines is 2. The van der Waals surface area contributed by atoms with Gasteiger partial charge >= 0.3 is 0 Å². The normalized spacial score (nSPS) is 11.2. The maximum absolute atomic E-state index is 12.0. The number of hydrogen-bond donors (Lipinski definition) is 3. The lowest BCUT2D eigenvalue weighted by Crippen LogP contribution is -2.10. The fourth-order valence-electron chi connectivity index (χ4n) is 4.26. The Morgan fingerprint density at radius 2 is 1.86 bits per heavy atom. The summed E-state index contributed by atoms with van der Waals surface area (Å²) < 4.78 is 0. The van der Waals surface area contributed by atoms with Gasteiger partial charge in [0.05, 0.1) is 40.3 Å². The van der Waals surface area contributed by atoms with E-state index in [4.69, 9.17) is 4.98 Å². The molecule has 9 heteroatoms. The van der Waals surface area contributed by atoms with Gasteiger partial charge in [0, 0.05) is 41.5 Å². The molecule has 0 aliphatic carbocycles. The van der Waals surface area contributed by atoms with E-state index in [0.29, 0.717) is 23.6 Å². The molecule has 5 aromatic heterocycles. The molecule has 36 heavy (non-hydrogen) atoms. The smallest absolute Gasteiger partial charge is 0.224 e. The summed E-state index contributed by atoms with van der Waals surface area (Å²) in [6.07, 6.45) is 9.90. The van der Waals surface area contributed by atoms with Gasteiger partial charge in [-0.3, -0.25) is 24.8 Å². The van der Waals surface area contributed by atoms with Crippen LogP contribution in [0.5, 0.6) is 0 Å². The van der Waals surface area contributed by atoms with Crippen molar-refractivity contribution in [2.45, 2.75) is 19.8 Å². The Balaban J connectivity index is 1.40. The first-order valence-corrected chi connectivity index (χ1v) is 11.7. The van der Waals surface area contributed by atoms with Crippen molar-refractivity contribution in [2.24, 2.45) is 0 Å². The minimum absolute atomic E-state index is 0.0343. The van der Waals surface area contributed by atoms with Crippen LogP contribution in [-0.2, 0) is 4.79 Å². The number of benzene rings is 1. The molecule has 0 atom stereocenters. The molecule has 0 aliphatic rings. The summed E-state index contributed by atoms with van der Waals surface area (Å²) in [7, 11) is 0. The molecule has 1 amide bonds. The van der Waals surface area contributed by atoms with Gasteiger partial charge in [0.2, 0.25) is 5.91 Å². The number of rotatable bonds is 6. The van der Waals surface area contributed by atoms with E-state index in [1.54, 1.807) is 31.0 Å². The number of aromatic nitrogens is 7. The second kappa shape index (κ2) is 9.03. The second-order valence-corrected chi connectivity index (χ2v) is 8.47. The monoisotopic (exact) mass is 474 g/mol. The van der Waals surface area contributed by atoms with Gasteiger partial charge < -0.3 is 10.3 Å². The number of fused-ring (bicyclic) bond motifs is 2. The summed E-state index contributed by atoms with van der Waals surface area (Å²) in [5.41, 5.74) is 7.50. The van der Waals surface area contributed by atoms with Gasteiger partial charge in [0.25, 0.3) is 0 Å². The summed E-state index contributed by atoms with van der Waals surface area (Å²) >= 11 is 0. The van der Waals surface area contributed by atoms with E-state index in [-0.39, 0.29) is 5.91 Å². The number of amides is 1. The first-order chi connectivity index (χ1) is 17.7. The summed E-state index contributed by atoms with van der Waals surface area (Å²) in [6.45, 7) is 1.97. The maximum atomic E-state index is 12.0. The number of imidazole rings is 1. The highest BCUT2D eigenvalue weighted by molar-refractivity contribution is 5.98. The summed E-state index contributed by atoms with van der Waals surface area (Å²) in [5, 5.41) is 11.4. The predicted octanol–water partition coefficient (Wildman–Crippen LogP) is 5.36. The first kappa shape index (κ1) is 21.6. The van der Waals surface area contributed by atoms with Crippen LogP contribution < -0.4 is 5.32 Å². The van der Waals surface area contributed by atoms with Crippen molar-refractivity contribution in [1.82, 2.24) is 35.1 Å². The highest BCUT2D eigenvalue weighted by Crippen LogP contribution is 2.32. The number of nitrogens with zero attached hydrogens (tertiary/aromatic N) is 5. The Morgan fingerprint density at radius 3 is 2.72 bits per heavy atom. The molecule has 0 bridgehead atoms. The summed E-state index contributed by atoms with van der Waals surface area (Å²) in [4.78, 5) is 33.3. The van der Waals surface area contributed by atoms with Crippen LogP contribution in [0.2, 0.25) is 0 Å². The van der Waals surface area contributed by atoms with E-state index < -0.39 is 0 Å². The van der Waals surface area contributed by atoms with Gasteiger partial charge in [-0.05, 0) is 42.3 Å². The Labute approximate surface area is 206 Å². The third-order valence-corrected chi connectivity index (χ3v) is 5.97. The van der Waals surface area contributed by atoms with Gasteiger partial charge in [-0.2, -0.15) is 5.10 Å². The average molecular weight is 475 g/mol. The van der Waals surface area contributed by atoms with Gasteiger partial charge in [-0.1, -0.05) is 19.1 Å². The van der Waals surface area contributed by atoms with Crippen molar-refractivity contribution in [2.75, 3.05) is 5.32 Å². The number of pyridine rings is 3. The molecule has 0 saturated heterocycles. The molecule has 6 rings (SSSR count). The van der Waals surface area contributed by atoms with Gasteiger partial charge in [-0.15, -0.1) is 0 Å². The number of H-pyrrole nitrogens is 2. The standard InChI is InChI=1S/C27H22N8O/c1-2-4-24(36)31-18-11-17(13-29-14-18)22-12-20-23(15-30-22)34-35-26(20)27-32-21-6-3-5-19(25(21)33-27)16-7-9-28-10-8-16/h3,5-15H,2,4H2,1H3,(H,31,36)(H,32,33)(H,34,35). The Hall–Kier alpha value is -4.92. The molecule has 3 N–H and O–H groups in total. The third-order valence-electron chi connectivity index (χ3n) is 5.97. The number of anilines is 1. The highest BCUT2D eigenvalue weighted by atomic mass is 16.1. The van der Waals surface area contributed by atoms with E-state index in [1.807, 2.05) is 49.4 Å². The summed E-state index contributed by atoms with van der Waals surface area (Å²) in [6, 6.07) is 13.8. The molecule has 1 aromatic carbocycles. The number of hydrogen-bond acceptors (Lipinski definition) is 6.